The Morgan fingerprint density at radius 1 is 0.960 bits per heavy atom. The van der Waals surface area contributed by atoms with E-state index in [1.807, 2.05) is 24.3 Å². The number of hydrogen-bond acceptors (Lipinski definition) is 2. The summed E-state index contributed by atoms with van der Waals surface area (Å²) >= 11 is 0. The van der Waals surface area contributed by atoms with Crippen molar-refractivity contribution in [2.45, 2.75) is 32.3 Å². The molecular weight excluding hydrogens is 310 g/mol. The minimum atomic E-state index is 0.0380. The molecule has 0 radical (unpaired) electrons. The number of hydrogen-bond donors (Lipinski definition) is 2. The molecule has 1 saturated heterocycles. The van der Waals surface area contributed by atoms with Crippen molar-refractivity contribution in [2.24, 2.45) is 5.92 Å². The minimum absolute atomic E-state index is 0.0380. The molecule has 2 aromatic rings. The number of aliphatic hydroxyl groups excluding tert-OH is 1. The maximum atomic E-state index is 9.33. The van der Waals surface area contributed by atoms with Gasteiger partial charge in [-0.2, -0.15) is 0 Å². The van der Waals surface area contributed by atoms with E-state index in [4.69, 9.17) is 4.74 Å². The van der Waals surface area contributed by atoms with Gasteiger partial charge in [0.1, 0.15) is 5.75 Å². The van der Waals surface area contributed by atoms with E-state index < -0.39 is 0 Å². The summed E-state index contributed by atoms with van der Waals surface area (Å²) < 4.78 is 5.85. The van der Waals surface area contributed by atoms with Gasteiger partial charge in [-0.25, -0.2) is 0 Å². The van der Waals surface area contributed by atoms with E-state index in [0.29, 0.717) is 0 Å². The number of ether oxygens (including phenoxy) is 1. The highest BCUT2D eigenvalue weighted by Crippen LogP contribution is 2.18. The van der Waals surface area contributed by atoms with E-state index in [-0.39, 0.29) is 6.61 Å². The molecular formula is C22H30NO2+. The van der Waals surface area contributed by atoms with E-state index in [9.17, 15) is 5.11 Å². The van der Waals surface area contributed by atoms with Crippen molar-refractivity contribution in [1.82, 2.24) is 0 Å². The van der Waals surface area contributed by atoms with E-state index in [1.165, 1.54) is 44.5 Å². The van der Waals surface area contributed by atoms with E-state index >= 15 is 0 Å². The van der Waals surface area contributed by atoms with Crippen molar-refractivity contribution < 1.29 is 14.7 Å². The van der Waals surface area contributed by atoms with Gasteiger partial charge in [-0.15, -0.1) is 0 Å². The van der Waals surface area contributed by atoms with Crippen LogP contribution >= 0.6 is 0 Å². The molecule has 1 aliphatic rings. The quantitative estimate of drug-likeness (QED) is 0.724. The Hall–Kier alpha value is -1.84. The van der Waals surface area contributed by atoms with Crippen molar-refractivity contribution in [3.05, 3.63) is 65.7 Å². The second kappa shape index (κ2) is 9.59. The molecule has 25 heavy (non-hydrogen) atoms. The highest BCUT2D eigenvalue weighted by molar-refractivity contribution is 5.32. The van der Waals surface area contributed by atoms with E-state index in [0.717, 1.165) is 30.3 Å². The molecule has 3 rings (SSSR count). The third-order valence-corrected chi connectivity index (χ3v) is 5.25. The zero-order chi connectivity index (χ0) is 17.3. The van der Waals surface area contributed by atoms with Crippen molar-refractivity contribution in [2.75, 3.05) is 26.2 Å². The predicted octanol–water partition coefficient (Wildman–Crippen LogP) is 2.49. The SMILES string of the molecule is OCc1ccccc1OCCC[NH+]1CCC(Cc2ccccc2)CC1. The number of benzene rings is 2. The van der Waals surface area contributed by atoms with Crippen LogP contribution in [-0.2, 0) is 13.0 Å². The third-order valence-electron chi connectivity index (χ3n) is 5.25. The molecule has 1 fully saturated rings. The molecule has 0 spiro atoms. The first-order valence-electron chi connectivity index (χ1n) is 9.54. The van der Waals surface area contributed by atoms with Crippen molar-refractivity contribution in [3.63, 3.8) is 0 Å². The van der Waals surface area contributed by atoms with Crippen LogP contribution in [0.4, 0.5) is 0 Å². The summed E-state index contributed by atoms with van der Waals surface area (Å²) in [5.41, 5.74) is 2.35. The molecule has 0 amide bonds. The Bertz CT molecular complexity index is 621. The Morgan fingerprint density at radius 3 is 2.44 bits per heavy atom. The van der Waals surface area contributed by atoms with E-state index in [1.54, 1.807) is 4.90 Å². The Labute approximate surface area is 151 Å². The number of nitrogens with one attached hydrogen (secondary N) is 1. The molecule has 3 heteroatoms. The first kappa shape index (κ1) is 18.0. The zero-order valence-electron chi connectivity index (χ0n) is 15.0. The standard InChI is InChI=1S/C22H29NO2/c24-18-21-9-4-5-10-22(21)25-16-6-13-23-14-11-20(12-15-23)17-19-7-2-1-3-8-19/h1-5,7-10,20,24H,6,11-18H2/p+1. The minimum Gasteiger partial charge on any atom is -0.493 e. The monoisotopic (exact) mass is 340 g/mol. The molecule has 134 valence electrons. The Kier molecular flexibility index (Phi) is 6.89. The summed E-state index contributed by atoms with van der Waals surface area (Å²) in [5, 5.41) is 9.33. The number of para-hydroxylation sites is 1. The fourth-order valence-electron chi connectivity index (χ4n) is 3.77. The first-order chi connectivity index (χ1) is 12.3. The maximum absolute atomic E-state index is 9.33. The van der Waals surface area contributed by atoms with Crippen molar-refractivity contribution in [1.29, 1.82) is 0 Å². The number of likely N-dealkylation sites (tertiary alicyclic amines) is 1. The molecule has 0 unspecified atom stereocenters. The molecule has 0 atom stereocenters. The fourth-order valence-corrected chi connectivity index (χ4v) is 3.77. The number of piperidine rings is 1. The topological polar surface area (TPSA) is 33.9 Å². The van der Waals surface area contributed by atoms with Crippen LogP contribution in [0, 0.1) is 5.92 Å². The van der Waals surface area contributed by atoms with Gasteiger partial charge in [0, 0.05) is 12.0 Å². The molecule has 1 aliphatic heterocycles. The zero-order valence-corrected chi connectivity index (χ0v) is 15.0. The lowest BCUT2D eigenvalue weighted by Crippen LogP contribution is -3.13. The molecule has 2 aromatic carbocycles. The lowest BCUT2D eigenvalue weighted by molar-refractivity contribution is -0.906. The third kappa shape index (κ3) is 5.58. The van der Waals surface area contributed by atoms with Crippen LogP contribution in [0.1, 0.15) is 30.4 Å². The number of aliphatic hydroxyl groups is 1. The molecule has 0 bridgehead atoms. The molecule has 3 nitrogen and oxygen atoms in total. The average Bonchev–Trinajstić information content (AvgIpc) is 2.67. The Balaban J connectivity index is 1.33. The highest BCUT2D eigenvalue weighted by atomic mass is 16.5. The molecule has 0 aliphatic carbocycles. The van der Waals surface area contributed by atoms with Crippen LogP contribution < -0.4 is 9.64 Å². The van der Waals surface area contributed by atoms with Crippen LogP contribution in [-0.4, -0.2) is 31.3 Å². The summed E-state index contributed by atoms with van der Waals surface area (Å²) in [6.07, 6.45) is 4.96. The summed E-state index contributed by atoms with van der Waals surface area (Å²) in [7, 11) is 0. The van der Waals surface area contributed by atoms with Crippen molar-refractivity contribution in [3.8, 4) is 5.75 Å². The summed E-state index contributed by atoms with van der Waals surface area (Å²) in [6.45, 7) is 4.51. The summed E-state index contributed by atoms with van der Waals surface area (Å²) in [5.74, 6) is 1.67. The summed E-state index contributed by atoms with van der Waals surface area (Å²) in [6, 6.07) is 18.6. The van der Waals surface area contributed by atoms with Crippen molar-refractivity contribution >= 4 is 0 Å². The van der Waals surface area contributed by atoms with Gasteiger partial charge in [0.25, 0.3) is 0 Å². The van der Waals surface area contributed by atoms with Crippen LogP contribution in [0.25, 0.3) is 0 Å². The van der Waals surface area contributed by atoms with E-state index in [2.05, 4.69) is 30.3 Å². The second-order valence-corrected chi connectivity index (χ2v) is 7.10. The number of rotatable bonds is 8. The van der Waals surface area contributed by atoms with Gasteiger partial charge >= 0.3 is 0 Å². The molecule has 0 saturated carbocycles. The van der Waals surface area contributed by atoms with Gasteiger partial charge < -0.3 is 14.7 Å². The normalized spacial score (nSPS) is 20.4. The smallest absolute Gasteiger partial charge is 0.124 e. The van der Waals surface area contributed by atoms with Gasteiger partial charge in [-0.3, -0.25) is 0 Å². The average molecular weight is 340 g/mol. The van der Waals surface area contributed by atoms with Crippen LogP contribution in [0.3, 0.4) is 0 Å². The second-order valence-electron chi connectivity index (χ2n) is 7.10. The number of quaternary nitrogens is 1. The largest absolute Gasteiger partial charge is 0.493 e. The van der Waals surface area contributed by atoms with Gasteiger partial charge in [0.2, 0.25) is 0 Å². The van der Waals surface area contributed by atoms with Crippen LogP contribution in [0.2, 0.25) is 0 Å². The predicted molar refractivity (Wildman–Crippen MR) is 101 cm³/mol. The van der Waals surface area contributed by atoms with Crippen LogP contribution in [0.5, 0.6) is 5.75 Å². The first-order valence-corrected chi connectivity index (χ1v) is 9.54. The lowest BCUT2D eigenvalue weighted by Gasteiger charge is -2.29. The maximum Gasteiger partial charge on any atom is 0.124 e. The molecule has 0 aromatic heterocycles. The van der Waals surface area contributed by atoms with Crippen LogP contribution in [0.15, 0.2) is 54.6 Å². The lowest BCUT2D eigenvalue weighted by atomic mass is 9.90. The van der Waals surface area contributed by atoms with Gasteiger partial charge in [-0.05, 0) is 36.8 Å². The Morgan fingerprint density at radius 2 is 1.68 bits per heavy atom. The highest BCUT2D eigenvalue weighted by Gasteiger charge is 2.21. The van der Waals surface area contributed by atoms with Gasteiger partial charge in [0.05, 0.1) is 32.8 Å². The van der Waals surface area contributed by atoms with Gasteiger partial charge in [-0.1, -0.05) is 48.5 Å². The molecule has 2 N–H and O–H groups in total. The fraction of sp³-hybridized carbons (Fsp3) is 0.455. The summed E-state index contributed by atoms with van der Waals surface area (Å²) in [4.78, 5) is 1.71. The molecule has 1 heterocycles. The van der Waals surface area contributed by atoms with Gasteiger partial charge in [0.15, 0.2) is 0 Å².